The molecule has 0 aromatic carbocycles. The molecule has 5 nitrogen and oxygen atoms in total. The summed E-state index contributed by atoms with van der Waals surface area (Å²) in [4.78, 5) is 9.03. The third kappa shape index (κ3) is 2.66. The standard InChI is InChI=1S/C13H22N4O/c1-3-15-12-10(14)13(18-2)17-11(16-12)9-7-5-4-6-8-9/h9H,3-8,14H2,1-2H3,(H,15,16,17). The van der Waals surface area contributed by atoms with E-state index in [0.717, 1.165) is 12.4 Å². The van der Waals surface area contributed by atoms with Crippen molar-refractivity contribution < 1.29 is 4.74 Å². The number of nitrogens with one attached hydrogen (secondary N) is 1. The smallest absolute Gasteiger partial charge is 0.242 e. The van der Waals surface area contributed by atoms with Gasteiger partial charge in [0.2, 0.25) is 5.88 Å². The fourth-order valence-corrected chi connectivity index (χ4v) is 2.47. The molecule has 0 atom stereocenters. The van der Waals surface area contributed by atoms with Crippen LogP contribution in [0.5, 0.6) is 5.88 Å². The number of ether oxygens (including phenoxy) is 1. The van der Waals surface area contributed by atoms with E-state index in [9.17, 15) is 0 Å². The third-order valence-electron chi connectivity index (χ3n) is 3.44. The Bertz CT molecular complexity index is 402. The number of nitrogen functional groups attached to an aromatic ring is 1. The fraction of sp³-hybridized carbons (Fsp3) is 0.692. The zero-order chi connectivity index (χ0) is 13.0. The van der Waals surface area contributed by atoms with Gasteiger partial charge in [0.1, 0.15) is 11.5 Å². The van der Waals surface area contributed by atoms with Gasteiger partial charge in [0, 0.05) is 12.5 Å². The Balaban J connectivity index is 2.31. The van der Waals surface area contributed by atoms with E-state index in [2.05, 4.69) is 15.3 Å². The number of hydrogen-bond acceptors (Lipinski definition) is 5. The third-order valence-corrected chi connectivity index (χ3v) is 3.44. The van der Waals surface area contributed by atoms with Gasteiger partial charge in [-0.1, -0.05) is 19.3 Å². The molecule has 1 heterocycles. The van der Waals surface area contributed by atoms with Crippen molar-refractivity contribution in [3.05, 3.63) is 5.82 Å². The summed E-state index contributed by atoms with van der Waals surface area (Å²) in [5.74, 6) is 2.51. The molecule has 1 aliphatic rings. The van der Waals surface area contributed by atoms with Gasteiger partial charge in [-0.2, -0.15) is 4.98 Å². The van der Waals surface area contributed by atoms with Crippen LogP contribution in [0.25, 0.3) is 0 Å². The molecule has 0 unspecified atom stereocenters. The van der Waals surface area contributed by atoms with Crippen molar-refractivity contribution in [2.24, 2.45) is 0 Å². The van der Waals surface area contributed by atoms with Crippen molar-refractivity contribution in [2.45, 2.75) is 44.9 Å². The summed E-state index contributed by atoms with van der Waals surface area (Å²) in [6, 6.07) is 0. The summed E-state index contributed by atoms with van der Waals surface area (Å²) in [6.45, 7) is 2.81. The molecule has 100 valence electrons. The van der Waals surface area contributed by atoms with Gasteiger partial charge in [-0.3, -0.25) is 0 Å². The van der Waals surface area contributed by atoms with Crippen LogP contribution in [0.3, 0.4) is 0 Å². The highest BCUT2D eigenvalue weighted by Crippen LogP contribution is 2.34. The van der Waals surface area contributed by atoms with Gasteiger partial charge in [-0.15, -0.1) is 0 Å². The number of aromatic nitrogens is 2. The average molecular weight is 250 g/mol. The van der Waals surface area contributed by atoms with Gasteiger partial charge in [0.15, 0.2) is 5.82 Å². The Morgan fingerprint density at radius 2 is 2.00 bits per heavy atom. The number of rotatable bonds is 4. The largest absolute Gasteiger partial charge is 0.479 e. The predicted molar refractivity (Wildman–Crippen MR) is 73.0 cm³/mol. The van der Waals surface area contributed by atoms with Gasteiger partial charge in [-0.05, 0) is 19.8 Å². The second-order valence-electron chi connectivity index (χ2n) is 4.72. The minimum Gasteiger partial charge on any atom is -0.479 e. The van der Waals surface area contributed by atoms with Crippen LogP contribution < -0.4 is 15.8 Å². The molecule has 5 heteroatoms. The summed E-state index contributed by atoms with van der Waals surface area (Å²) in [6.07, 6.45) is 6.18. The van der Waals surface area contributed by atoms with E-state index in [1.165, 1.54) is 32.1 Å². The van der Waals surface area contributed by atoms with Crippen LogP contribution in [-0.4, -0.2) is 23.6 Å². The molecular formula is C13H22N4O. The van der Waals surface area contributed by atoms with Gasteiger partial charge in [-0.25, -0.2) is 4.98 Å². The highest BCUT2D eigenvalue weighted by molar-refractivity contribution is 5.66. The summed E-state index contributed by atoms with van der Waals surface area (Å²) in [5, 5.41) is 3.17. The first-order valence-electron chi connectivity index (χ1n) is 6.71. The number of hydrogen-bond donors (Lipinski definition) is 2. The maximum atomic E-state index is 5.97. The van der Waals surface area contributed by atoms with Gasteiger partial charge >= 0.3 is 0 Å². The second kappa shape index (κ2) is 5.89. The molecule has 0 saturated heterocycles. The molecule has 2 rings (SSSR count). The minimum atomic E-state index is 0.450. The van der Waals surface area contributed by atoms with Gasteiger partial charge < -0.3 is 15.8 Å². The first-order chi connectivity index (χ1) is 8.76. The quantitative estimate of drug-likeness (QED) is 0.859. The lowest BCUT2D eigenvalue weighted by Crippen LogP contribution is -2.14. The zero-order valence-corrected chi connectivity index (χ0v) is 11.2. The molecule has 1 aromatic heterocycles. The Hall–Kier alpha value is -1.52. The topological polar surface area (TPSA) is 73.1 Å². The normalized spacial score (nSPS) is 16.6. The van der Waals surface area contributed by atoms with E-state index >= 15 is 0 Å². The molecule has 0 aliphatic heterocycles. The van der Waals surface area contributed by atoms with E-state index < -0.39 is 0 Å². The lowest BCUT2D eigenvalue weighted by Gasteiger charge is -2.21. The number of nitrogens with two attached hydrogens (primary N) is 1. The van der Waals surface area contributed by atoms with E-state index in [1.807, 2.05) is 6.92 Å². The maximum absolute atomic E-state index is 5.97. The van der Waals surface area contributed by atoms with Crippen molar-refractivity contribution in [1.82, 2.24) is 9.97 Å². The first kappa shape index (κ1) is 12.9. The van der Waals surface area contributed by atoms with Crippen LogP contribution in [0.15, 0.2) is 0 Å². The molecular weight excluding hydrogens is 228 g/mol. The number of methoxy groups -OCH3 is 1. The van der Waals surface area contributed by atoms with Gasteiger partial charge in [0.25, 0.3) is 0 Å². The molecule has 1 aromatic rings. The zero-order valence-electron chi connectivity index (χ0n) is 11.2. The van der Waals surface area contributed by atoms with Gasteiger partial charge in [0.05, 0.1) is 7.11 Å². The fourth-order valence-electron chi connectivity index (χ4n) is 2.47. The predicted octanol–water partition coefficient (Wildman–Crippen LogP) is 2.55. The summed E-state index contributed by atoms with van der Waals surface area (Å²) < 4.78 is 5.25. The molecule has 0 bridgehead atoms. The first-order valence-corrected chi connectivity index (χ1v) is 6.71. The van der Waals surface area contributed by atoms with Crippen LogP contribution in [-0.2, 0) is 0 Å². The van der Waals surface area contributed by atoms with Crippen LogP contribution in [0.1, 0.15) is 50.8 Å². The summed E-state index contributed by atoms with van der Waals surface area (Å²) in [7, 11) is 1.60. The number of anilines is 2. The minimum absolute atomic E-state index is 0.450. The molecule has 0 radical (unpaired) electrons. The summed E-state index contributed by atoms with van der Waals surface area (Å²) in [5.41, 5.74) is 6.46. The van der Waals surface area contributed by atoms with Crippen molar-refractivity contribution in [3.63, 3.8) is 0 Å². The van der Waals surface area contributed by atoms with Crippen LogP contribution in [0.2, 0.25) is 0 Å². The van der Waals surface area contributed by atoms with Crippen LogP contribution in [0.4, 0.5) is 11.5 Å². The second-order valence-corrected chi connectivity index (χ2v) is 4.72. The van der Waals surface area contributed by atoms with E-state index in [4.69, 9.17) is 10.5 Å². The van der Waals surface area contributed by atoms with E-state index in [1.54, 1.807) is 7.11 Å². The molecule has 18 heavy (non-hydrogen) atoms. The SMILES string of the molecule is CCNc1nc(C2CCCCC2)nc(OC)c1N. The molecule has 3 N–H and O–H groups in total. The highest BCUT2D eigenvalue weighted by atomic mass is 16.5. The van der Waals surface area contributed by atoms with E-state index in [-0.39, 0.29) is 0 Å². The van der Waals surface area contributed by atoms with Crippen LogP contribution in [0, 0.1) is 0 Å². The van der Waals surface area contributed by atoms with Crippen molar-refractivity contribution >= 4 is 11.5 Å². The van der Waals surface area contributed by atoms with Crippen LogP contribution >= 0.6 is 0 Å². The number of nitrogens with zero attached hydrogens (tertiary/aromatic N) is 2. The highest BCUT2D eigenvalue weighted by Gasteiger charge is 2.21. The Labute approximate surface area is 108 Å². The Morgan fingerprint density at radius 1 is 1.28 bits per heavy atom. The average Bonchev–Trinajstić information content (AvgIpc) is 2.42. The monoisotopic (exact) mass is 250 g/mol. The van der Waals surface area contributed by atoms with Crippen molar-refractivity contribution in [1.29, 1.82) is 0 Å². The summed E-state index contributed by atoms with van der Waals surface area (Å²) >= 11 is 0. The molecule has 0 amide bonds. The van der Waals surface area contributed by atoms with E-state index in [0.29, 0.717) is 23.3 Å². The van der Waals surface area contributed by atoms with Crippen molar-refractivity contribution in [2.75, 3.05) is 24.7 Å². The maximum Gasteiger partial charge on any atom is 0.242 e. The molecule has 1 aliphatic carbocycles. The molecule has 1 fully saturated rings. The lowest BCUT2D eigenvalue weighted by atomic mass is 9.88. The lowest BCUT2D eigenvalue weighted by molar-refractivity contribution is 0.385. The molecule has 1 saturated carbocycles. The van der Waals surface area contributed by atoms with Crippen molar-refractivity contribution in [3.8, 4) is 5.88 Å². The molecule has 0 spiro atoms. The Morgan fingerprint density at radius 3 is 2.61 bits per heavy atom. The Kier molecular flexibility index (Phi) is 4.23.